The van der Waals surface area contributed by atoms with Crippen LogP contribution in [0, 0.1) is 6.92 Å². The summed E-state index contributed by atoms with van der Waals surface area (Å²) < 4.78 is 30.1. The SMILES string of the molecule is CC=C(c1ccco1)S(=O)(=O)c1cccc(C)c1. The molecule has 0 saturated heterocycles. The Hall–Kier alpha value is -1.81. The lowest BCUT2D eigenvalue weighted by molar-refractivity contribution is 0.552. The Morgan fingerprint density at radius 3 is 2.56 bits per heavy atom. The van der Waals surface area contributed by atoms with E-state index in [0.717, 1.165) is 5.56 Å². The fraction of sp³-hybridized carbons (Fsp3) is 0.143. The second kappa shape index (κ2) is 4.82. The zero-order valence-electron chi connectivity index (χ0n) is 10.3. The van der Waals surface area contributed by atoms with Gasteiger partial charge >= 0.3 is 0 Å². The van der Waals surface area contributed by atoms with Gasteiger partial charge in [0.25, 0.3) is 0 Å². The molecular formula is C14H14O3S. The highest BCUT2D eigenvalue weighted by Crippen LogP contribution is 2.28. The molecule has 2 aromatic rings. The minimum Gasteiger partial charge on any atom is -0.464 e. The highest BCUT2D eigenvalue weighted by Gasteiger charge is 2.23. The molecule has 0 bridgehead atoms. The average molecular weight is 262 g/mol. The van der Waals surface area contributed by atoms with Gasteiger partial charge in [-0.05, 0) is 43.7 Å². The zero-order valence-corrected chi connectivity index (χ0v) is 11.1. The number of allylic oxidation sites excluding steroid dienone is 1. The van der Waals surface area contributed by atoms with Crippen molar-refractivity contribution in [2.75, 3.05) is 0 Å². The van der Waals surface area contributed by atoms with Crippen molar-refractivity contribution in [1.82, 2.24) is 0 Å². The number of hydrogen-bond acceptors (Lipinski definition) is 3. The third-order valence-electron chi connectivity index (χ3n) is 2.62. The fourth-order valence-corrected chi connectivity index (χ4v) is 3.30. The van der Waals surface area contributed by atoms with Gasteiger partial charge in [-0.3, -0.25) is 0 Å². The van der Waals surface area contributed by atoms with E-state index in [9.17, 15) is 8.42 Å². The lowest BCUT2D eigenvalue weighted by Crippen LogP contribution is -2.03. The lowest BCUT2D eigenvalue weighted by atomic mass is 10.2. The van der Waals surface area contributed by atoms with Crippen molar-refractivity contribution in [3.05, 3.63) is 60.1 Å². The van der Waals surface area contributed by atoms with E-state index in [2.05, 4.69) is 0 Å². The van der Waals surface area contributed by atoms with E-state index in [1.807, 2.05) is 13.0 Å². The maximum atomic E-state index is 12.5. The third kappa shape index (κ3) is 2.24. The van der Waals surface area contributed by atoms with E-state index >= 15 is 0 Å². The molecule has 0 aliphatic heterocycles. The Bertz CT molecular complexity index is 665. The topological polar surface area (TPSA) is 47.3 Å². The monoisotopic (exact) mass is 262 g/mol. The maximum Gasteiger partial charge on any atom is 0.209 e. The second-order valence-corrected chi connectivity index (χ2v) is 5.87. The minimum absolute atomic E-state index is 0.193. The molecular weight excluding hydrogens is 248 g/mol. The normalized spacial score (nSPS) is 12.7. The highest BCUT2D eigenvalue weighted by molar-refractivity contribution is 8.00. The van der Waals surface area contributed by atoms with Gasteiger partial charge in [0.05, 0.1) is 11.2 Å². The first-order chi connectivity index (χ1) is 8.55. The zero-order chi connectivity index (χ0) is 13.2. The van der Waals surface area contributed by atoms with E-state index in [4.69, 9.17) is 4.42 Å². The summed E-state index contributed by atoms with van der Waals surface area (Å²) in [4.78, 5) is 0.477. The maximum absolute atomic E-state index is 12.5. The van der Waals surface area contributed by atoms with Crippen LogP contribution in [0.5, 0.6) is 0 Å². The molecule has 0 spiro atoms. The highest BCUT2D eigenvalue weighted by atomic mass is 32.2. The summed E-state index contributed by atoms with van der Waals surface area (Å²) >= 11 is 0. The van der Waals surface area contributed by atoms with Gasteiger partial charge in [-0.1, -0.05) is 18.2 Å². The Balaban J connectivity index is 2.55. The van der Waals surface area contributed by atoms with Crippen LogP contribution in [0.3, 0.4) is 0 Å². The Morgan fingerprint density at radius 1 is 1.22 bits per heavy atom. The van der Waals surface area contributed by atoms with Gasteiger partial charge in [-0.15, -0.1) is 0 Å². The fourth-order valence-electron chi connectivity index (χ4n) is 1.76. The molecule has 18 heavy (non-hydrogen) atoms. The van der Waals surface area contributed by atoms with Crippen molar-refractivity contribution in [3.63, 3.8) is 0 Å². The summed E-state index contributed by atoms with van der Waals surface area (Å²) in [5.41, 5.74) is 0.908. The van der Waals surface area contributed by atoms with Gasteiger partial charge in [0.2, 0.25) is 9.84 Å². The van der Waals surface area contributed by atoms with Crippen LogP contribution < -0.4 is 0 Å². The van der Waals surface area contributed by atoms with Crippen LogP contribution in [0.25, 0.3) is 4.91 Å². The number of benzene rings is 1. The summed E-state index contributed by atoms with van der Waals surface area (Å²) in [5.74, 6) is 0.360. The third-order valence-corrected chi connectivity index (χ3v) is 4.51. The smallest absolute Gasteiger partial charge is 0.209 e. The van der Waals surface area contributed by atoms with E-state index in [-0.39, 0.29) is 9.80 Å². The summed E-state index contributed by atoms with van der Waals surface area (Å²) in [6.45, 7) is 3.55. The quantitative estimate of drug-likeness (QED) is 0.851. The van der Waals surface area contributed by atoms with Gasteiger partial charge in [0, 0.05) is 0 Å². The number of sulfone groups is 1. The van der Waals surface area contributed by atoms with Crippen LogP contribution in [0.2, 0.25) is 0 Å². The first-order valence-corrected chi connectivity index (χ1v) is 7.06. The van der Waals surface area contributed by atoms with Crippen LogP contribution in [0.15, 0.2) is 58.1 Å². The number of aryl methyl sites for hydroxylation is 1. The molecule has 3 nitrogen and oxygen atoms in total. The van der Waals surface area contributed by atoms with Crippen molar-refractivity contribution in [2.24, 2.45) is 0 Å². The molecule has 4 heteroatoms. The minimum atomic E-state index is -3.53. The Morgan fingerprint density at radius 2 is 2.00 bits per heavy atom. The van der Waals surface area contributed by atoms with Crippen molar-refractivity contribution in [2.45, 2.75) is 18.7 Å². The Labute approximate surface area is 107 Å². The second-order valence-electron chi connectivity index (χ2n) is 3.95. The molecule has 1 aromatic heterocycles. The summed E-state index contributed by atoms with van der Waals surface area (Å²) in [6.07, 6.45) is 3.01. The number of furan rings is 1. The lowest BCUT2D eigenvalue weighted by Gasteiger charge is -2.07. The van der Waals surface area contributed by atoms with Crippen LogP contribution in [-0.4, -0.2) is 8.42 Å². The molecule has 0 amide bonds. The molecule has 0 saturated carbocycles. The predicted octanol–water partition coefficient (Wildman–Crippen LogP) is 3.42. The van der Waals surface area contributed by atoms with Crippen molar-refractivity contribution < 1.29 is 12.8 Å². The molecule has 0 aliphatic carbocycles. The first kappa shape index (κ1) is 12.6. The van der Waals surface area contributed by atoms with E-state index < -0.39 is 9.84 Å². The van der Waals surface area contributed by atoms with Gasteiger partial charge in [-0.25, -0.2) is 8.42 Å². The molecule has 1 heterocycles. The summed E-state index contributed by atoms with van der Waals surface area (Å²) in [7, 11) is -3.53. The predicted molar refractivity (Wildman–Crippen MR) is 70.7 cm³/mol. The Kier molecular flexibility index (Phi) is 3.39. The largest absolute Gasteiger partial charge is 0.464 e. The molecule has 0 atom stereocenters. The average Bonchev–Trinajstić information content (AvgIpc) is 2.83. The first-order valence-electron chi connectivity index (χ1n) is 5.57. The molecule has 0 radical (unpaired) electrons. The van der Waals surface area contributed by atoms with Gasteiger partial charge in [0.1, 0.15) is 10.7 Å². The standard InChI is InChI=1S/C14H14O3S/c1-3-14(13-8-5-9-17-13)18(15,16)12-7-4-6-11(2)10-12/h3-10H,1-2H3. The van der Waals surface area contributed by atoms with Gasteiger partial charge in [-0.2, -0.15) is 0 Å². The van der Waals surface area contributed by atoms with Crippen molar-refractivity contribution in [3.8, 4) is 0 Å². The van der Waals surface area contributed by atoms with E-state index in [1.165, 1.54) is 6.26 Å². The number of hydrogen-bond donors (Lipinski definition) is 0. The van der Waals surface area contributed by atoms with Crippen LogP contribution >= 0.6 is 0 Å². The van der Waals surface area contributed by atoms with Gasteiger partial charge in [0.15, 0.2) is 0 Å². The molecule has 1 aromatic carbocycles. The van der Waals surface area contributed by atoms with Crippen molar-refractivity contribution in [1.29, 1.82) is 0 Å². The van der Waals surface area contributed by atoms with E-state index in [0.29, 0.717) is 5.76 Å². The summed E-state index contributed by atoms with van der Waals surface area (Å²) in [6, 6.07) is 10.2. The molecule has 0 aliphatic rings. The molecule has 0 unspecified atom stereocenters. The summed E-state index contributed by atoms with van der Waals surface area (Å²) in [5, 5.41) is 0. The van der Waals surface area contributed by atoms with Gasteiger partial charge < -0.3 is 4.42 Å². The van der Waals surface area contributed by atoms with Crippen molar-refractivity contribution >= 4 is 14.7 Å². The molecule has 2 rings (SSSR count). The number of rotatable bonds is 3. The molecule has 94 valence electrons. The van der Waals surface area contributed by atoms with Crippen LogP contribution in [0.4, 0.5) is 0 Å². The molecule has 0 fully saturated rings. The molecule has 0 N–H and O–H groups in total. The van der Waals surface area contributed by atoms with Crippen LogP contribution in [0.1, 0.15) is 18.2 Å². The van der Waals surface area contributed by atoms with E-state index in [1.54, 1.807) is 43.3 Å². The van der Waals surface area contributed by atoms with Crippen LogP contribution in [-0.2, 0) is 9.84 Å².